The molecule has 0 aromatic heterocycles. The van der Waals surface area contributed by atoms with Crippen LogP contribution in [0.3, 0.4) is 0 Å². The lowest BCUT2D eigenvalue weighted by Crippen LogP contribution is -2.42. The molecule has 2 heterocycles. The number of hydrogen-bond acceptors (Lipinski definition) is 5. The summed E-state index contributed by atoms with van der Waals surface area (Å²) in [5.41, 5.74) is 20.1. The molecule has 65 heavy (non-hydrogen) atoms. The van der Waals surface area contributed by atoms with Gasteiger partial charge in [0.1, 0.15) is 0 Å². The zero-order valence-corrected chi connectivity index (χ0v) is 38.4. The molecule has 5 nitrogen and oxygen atoms in total. The number of aryl methyl sites for hydroxylation is 3. The Morgan fingerprint density at radius 2 is 1.08 bits per heavy atom. The minimum absolute atomic E-state index is 0.00734. The minimum Gasteiger partial charge on any atom is -0.450 e. The summed E-state index contributed by atoms with van der Waals surface area (Å²) in [4.78, 5) is 4.94. The summed E-state index contributed by atoms with van der Waals surface area (Å²) in [6.07, 6.45) is 2.28. The monoisotopic (exact) mass is 847 g/mol. The molecule has 0 fully saturated rings. The van der Waals surface area contributed by atoms with Crippen LogP contribution in [0.1, 0.15) is 68.4 Å². The molecule has 0 saturated heterocycles. The SMILES string of the molecule is Cc1ccccc1Nc1c(C)cccc1-c1cc(N(c2ccccc2)c2ccccc2)cc2c1Bc1cc3c(cc1N2c1cc2c(cc1C)C(C)(C)CCC2(C)C)Oc1ccccc1O3. The molecule has 2 aliphatic heterocycles. The first kappa shape index (κ1) is 40.6. The lowest BCUT2D eigenvalue weighted by atomic mass is 9.57. The average Bonchev–Trinajstić information content (AvgIpc) is 3.30. The minimum atomic E-state index is 0.00734. The highest BCUT2D eigenvalue weighted by atomic mass is 16.6. The Bertz CT molecular complexity index is 3120. The van der Waals surface area contributed by atoms with E-state index in [9.17, 15) is 0 Å². The van der Waals surface area contributed by atoms with Crippen molar-refractivity contribution in [2.45, 2.75) is 72.1 Å². The summed E-state index contributed by atoms with van der Waals surface area (Å²) in [6, 6.07) is 59.0. The third-order valence-corrected chi connectivity index (χ3v) is 14.2. The molecular weight excluding hydrogens is 793 g/mol. The maximum atomic E-state index is 6.69. The van der Waals surface area contributed by atoms with Gasteiger partial charge >= 0.3 is 0 Å². The molecule has 0 atom stereocenters. The molecular formula is C59H54BN3O2. The normalized spacial score (nSPS) is 14.8. The molecule has 0 bridgehead atoms. The quantitative estimate of drug-likeness (QED) is 0.162. The van der Waals surface area contributed by atoms with E-state index in [1.807, 2.05) is 24.3 Å². The summed E-state index contributed by atoms with van der Waals surface area (Å²) in [5.74, 6) is 2.88. The molecule has 0 unspecified atom stereocenters. The van der Waals surface area contributed by atoms with Gasteiger partial charge in [-0.2, -0.15) is 0 Å². The summed E-state index contributed by atoms with van der Waals surface area (Å²) in [6.45, 7) is 16.4. The number of nitrogens with one attached hydrogen (secondary N) is 1. The van der Waals surface area contributed by atoms with Gasteiger partial charge in [-0.15, -0.1) is 0 Å². The van der Waals surface area contributed by atoms with E-state index in [1.54, 1.807) is 0 Å². The highest BCUT2D eigenvalue weighted by Crippen LogP contribution is 2.53. The van der Waals surface area contributed by atoms with Crippen LogP contribution in [-0.4, -0.2) is 7.28 Å². The van der Waals surface area contributed by atoms with Crippen molar-refractivity contribution >= 4 is 63.7 Å². The van der Waals surface area contributed by atoms with Crippen molar-refractivity contribution in [3.05, 3.63) is 192 Å². The van der Waals surface area contributed by atoms with E-state index in [4.69, 9.17) is 9.47 Å². The lowest BCUT2D eigenvalue weighted by Gasteiger charge is -2.44. The van der Waals surface area contributed by atoms with Gasteiger partial charge in [0.2, 0.25) is 0 Å². The standard InChI is InChI=1S/C59H54BN3O2/c1-37-19-14-15-26-48(37)61-57-38(2)20-18-25-43(57)44-32-42(62(40-21-10-8-11-22-40)41-23-12-9-13-24-41)33-51-56(44)60-47-35-54-55(65-53-28-17-16-27-52(53)64-54)36-50(47)63(51)49-34-46-45(31-39(49)3)58(4,5)29-30-59(46,6)7/h8-28,31-36,60-61H,29-30H2,1-7H3. The Morgan fingerprint density at radius 3 is 1.74 bits per heavy atom. The molecule has 1 aliphatic carbocycles. The second kappa shape index (κ2) is 15.5. The van der Waals surface area contributed by atoms with Gasteiger partial charge in [0, 0.05) is 57.1 Å². The molecule has 8 aromatic rings. The maximum Gasteiger partial charge on any atom is 0.198 e. The third kappa shape index (κ3) is 7.03. The van der Waals surface area contributed by atoms with E-state index < -0.39 is 0 Å². The van der Waals surface area contributed by atoms with Gasteiger partial charge in [0.05, 0.1) is 0 Å². The molecule has 3 aliphatic rings. The first-order valence-electron chi connectivity index (χ1n) is 23.0. The van der Waals surface area contributed by atoms with Crippen LogP contribution in [0.4, 0.5) is 45.5 Å². The summed E-state index contributed by atoms with van der Waals surface area (Å²) < 4.78 is 13.3. The van der Waals surface area contributed by atoms with Crippen LogP contribution in [0.5, 0.6) is 23.0 Å². The fourth-order valence-corrected chi connectivity index (χ4v) is 10.4. The molecule has 11 rings (SSSR count). The largest absolute Gasteiger partial charge is 0.450 e. The number of hydrogen-bond donors (Lipinski definition) is 1. The number of anilines is 8. The number of nitrogens with zero attached hydrogens (tertiary/aromatic N) is 2. The van der Waals surface area contributed by atoms with Crippen molar-refractivity contribution in [3.8, 4) is 34.1 Å². The van der Waals surface area contributed by atoms with Crippen LogP contribution in [0, 0.1) is 20.8 Å². The third-order valence-electron chi connectivity index (χ3n) is 14.2. The van der Waals surface area contributed by atoms with Crippen molar-refractivity contribution in [3.63, 3.8) is 0 Å². The molecule has 0 radical (unpaired) electrons. The van der Waals surface area contributed by atoms with Gasteiger partial charge in [-0.05, 0) is 150 Å². The number of para-hydroxylation sites is 6. The molecule has 0 amide bonds. The van der Waals surface area contributed by atoms with E-state index in [1.165, 1.54) is 50.0 Å². The van der Waals surface area contributed by atoms with Gasteiger partial charge in [-0.3, -0.25) is 0 Å². The molecule has 320 valence electrons. The maximum absolute atomic E-state index is 6.69. The van der Waals surface area contributed by atoms with Crippen molar-refractivity contribution in [1.82, 2.24) is 0 Å². The smallest absolute Gasteiger partial charge is 0.198 e. The molecule has 0 spiro atoms. The van der Waals surface area contributed by atoms with Crippen LogP contribution in [-0.2, 0) is 10.8 Å². The Hall–Kier alpha value is -7.18. The number of fused-ring (bicyclic) bond motifs is 5. The zero-order valence-electron chi connectivity index (χ0n) is 38.4. The number of ether oxygens (including phenoxy) is 2. The van der Waals surface area contributed by atoms with Gasteiger partial charge in [0.25, 0.3) is 0 Å². The van der Waals surface area contributed by atoms with Crippen LogP contribution >= 0.6 is 0 Å². The molecule has 0 saturated carbocycles. The van der Waals surface area contributed by atoms with Gasteiger partial charge in [-0.1, -0.05) is 124 Å². The second-order valence-corrected chi connectivity index (χ2v) is 19.5. The fraction of sp³-hybridized carbons (Fsp3) is 0.186. The summed E-state index contributed by atoms with van der Waals surface area (Å²) in [5, 5.41) is 3.94. The van der Waals surface area contributed by atoms with E-state index >= 15 is 0 Å². The Balaban J connectivity index is 1.23. The van der Waals surface area contributed by atoms with Gasteiger partial charge in [-0.25, -0.2) is 0 Å². The Kier molecular flexibility index (Phi) is 9.69. The van der Waals surface area contributed by atoms with Crippen LogP contribution < -0.4 is 35.5 Å². The Morgan fingerprint density at radius 1 is 0.492 bits per heavy atom. The van der Waals surface area contributed by atoms with Crippen LogP contribution in [0.2, 0.25) is 0 Å². The van der Waals surface area contributed by atoms with Crippen LogP contribution in [0.15, 0.2) is 164 Å². The van der Waals surface area contributed by atoms with Crippen molar-refractivity contribution in [2.75, 3.05) is 15.1 Å². The summed E-state index contributed by atoms with van der Waals surface area (Å²) >= 11 is 0. The predicted molar refractivity (Wildman–Crippen MR) is 273 cm³/mol. The van der Waals surface area contributed by atoms with Gasteiger partial charge in [0.15, 0.2) is 30.3 Å². The van der Waals surface area contributed by atoms with Crippen LogP contribution in [0.25, 0.3) is 11.1 Å². The topological polar surface area (TPSA) is 37.0 Å². The molecule has 6 heteroatoms. The Labute approximate surface area is 384 Å². The fourth-order valence-electron chi connectivity index (χ4n) is 10.4. The van der Waals surface area contributed by atoms with E-state index in [-0.39, 0.29) is 10.8 Å². The van der Waals surface area contributed by atoms with Crippen molar-refractivity contribution in [1.29, 1.82) is 0 Å². The first-order valence-corrected chi connectivity index (χ1v) is 23.0. The zero-order chi connectivity index (χ0) is 44.6. The highest BCUT2D eigenvalue weighted by Gasteiger charge is 2.40. The average molecular weight is 848 g/mol. The van der Waals surface area contributed by atoms with Crippen molar-refractivity contribution in [2.24, 2.45) is 0 Å². The second-order valence-electron chi connectivity index (χ2n) is 19.5. The highest BCUT2D eigenvalue weighted by molar-refractivity contribution is 6.73. The summed E-state index contributed by atoms with van der Waals surface area (Å²) in [7, 11) is 0.687. The molecule has 1 N–H and O–H groups in total. The van der Waals surface area contributed by atoms with E-state index in [0.29, 0.717) is 13.0 Å². The van der Waals surface area contributed by atoms with Gasteiger partial charge < -0.3 is 24.6 Å². The molecule has 8 aromatic carbocycles. The lowest BCUT2D eigenvalue weighted by molar-refractivity contribution is 0.332. The number of benzene rings is 8. The van der Waals surface area contributed by atoms with Crippen molar-refractivity contribution < 1.29 is 9.47 Å². The van der Waals surface area contributed by atoms with E-state index in [2.05, 4.69) is 203 Å². The first-order chi connectivity index (χ1) is 31.4. The van der Waals surface area contributed by atoms with E-state index in [0.717, 1.165) is 75.5 Å². The number of rotatable bonds is 7. The predicted octanol–water partition coefficient (Wildman–Crippen LogP) is 14.9.